The molecule has 2 aliphatic carbocycles. The van der Waals surface area contributed by atoms with Crippen LogP contribution >= 0.6 is 0 Å². The Morgan fingerprint density at radius 1 is 0.766 bits per heavy atom. The lowest BCUT2D eigenvalue weighted by atomic mass is 9.84. The molecule has 2 aliphatic heterocycles. The van der Waals surface area contributed by atoms with Gasteiger partial charge < -0.3 is 30.2 Å². The van der Waals surface area contributed by atoms with Crippen molar-refractivity contribution in [2.45, 2.75) is 88.5 Å². The number of aldehydes is 1. The number of benzene rings is 2. The molecule has 2 aromatic carbocycles. The molecule has 47 heavy (non-hydrogen) atoms. The fourth-order valence-electron chi connectivity index (χ4n) is 7.33. The Morgan fingerprint density at radius 3 is 1.94 bits per heavy atom. The average molecular weight is 649 g/mol. The maximum atomic E-state index is 12.0. The number of esters is 2. The first-order valence-electron chi connectivity index (χ1n) is 17.7. The number of carbonyl (C=O) groups excluding carboxylic acids is 3. The summed E-state index contributed by atoms with van der Waals surface area (Å²) in [7, 11) is 4.00. The van der Waals surface area contributed by atoms with Gasteiger partial charge in [0.25, 0.3) is 0 Å². The molecule has 0 bridgehead atoms. The normalized spacial score (nSPS) is 28.0. The molecule has 9 heteroatoms. The molecule has 0 unspecified atom stereocenters. The Balaban J connectivity index is 0.000000177. The summed E-state index contributed by atoms with van der Waals surface area (Å²) in [5.41, 5.74) is 2.44. The summed E-state index contributed by atoms with van der Waals surface area (Å²) >= 11 is 0. The highest BCUT2D eigenvalue weighted by Crippen LogP contribution is 2.26. The third-order valence-electron chi connectivity index (χ3n) is 9.80. The largest absolute Gasteiger partial charge is 0.460 e. The monoisotopic (exact) mass is 648 g/mol. The predicted octanol–water partition coefficient (Wildman–Crippen LogP) is 3.94. The first kappa shape index (κ1) is 36.7. The Labute approximate surface area is 281 Å². The predicted molar refractivity (Wildman–Crippen MR) is 185 cm³/mol. The molecule has 2 saturated heterocycles. The number of hydrogen-bond donors (Lipinski definition) is 3. The molecule has 6 atom stereocenters. The standard InChI is InChI=1S/C19H28N2O2.C11H13NO2.C8H15NO/c1-20-18-10-6-5-9-16(18)12-21-13-17(23-19(22)14-21)11-15-7-3-2-4-8-15;13-11-8-12-7-10(14-11)6-9-4-2-1-3-5-9;1-9-8-5-3-2-4-7(8)6-10/h2-4,7-8,16-18,20H,5-6,9-14H2,1H3;1-5,10,12H,6-8H2;6-9H,2-5H2,1H3/t16-,17-,18+;10-;7-,8+/m000/s1. The maximum absolute atomic E-state index is 12.0. The number of cyclic esters (lactones) is 2. The minimum absolute atomic E-state index is 0.0151. The van der Waals surface area contributed by atoms with Crippen LogP contribution in [0, 0.1) is 11.8 Å². The zero-order valence-corrected chi connectivity index (χ0v) is 28.4. The third-order valence-corrected chi connectivity index (χ3v) is 9.80. The number of ether oxygens (including phenoxy) is 2. The van der Waals surface area contributed by atoms with Crippen molar-refractivity contribution in [2.75, 3.05) is 46.8 Å². The molecule has 2 heterocycles. The quantitative estimate of drug-likeness (QED) is 0.275. The number of morpholine rings is 2. The van der Waals surface area contributed by atoms with Crippen LogP contribution in [-0.4, -0.2) is 94.2 Å². The Kier molecular flexibility index (Phi) is 15.9. The summed E-state index contributed by atoms with van der Waals surface area (Å²) in [4.78, 5) is 35.8. The summed E-state index contributed by atoms with van der Waals surface area (Å²) in [6.45, 7) is 3.39. The smallest absolute Gasteiger partial charge is 0.320 e. The molecular formula is C38H56N4O5. The van der Waals surface area contributed by atoms with Crippen LogP contribution in [0.1, 0.15) is 62.5 Å². The van der Waals surface area contributed by atoms with Gasteiger partial charge in [-0.2, -0.15) is 0 Å². The van der Waals surface area contributed by atoms with Gasteiger partial charge in [-0.25, -0.2) is 0 Å². The number of nitrogens with one attached hydrogen (secondary N) is 3. The van der Waals surface area contributed by atoms with E-state index in [1.807, 2.05) is 55.6 Å². The van der Waals surface area contributed by atoms with Gasteiger partial charge in [-0.15, -0.1) is 0 Å². The molecule has 258 valence electrons. The second kappa shape index (κ2) is 20.3. The van der Waals surface area contributed by atoms with Gasteiger partial charge in [0.2, 0.25) is 0 Å². The van der Waals surface area contributed by atoms with E-state index in [-0.39, 0.29) is 30.1 Å². The molecule has 6 rings (SSSR count). The zero-order chi connectivity index (χ0) is 33.3. The van der Waals surface area contributed by atoms with E-state index in [4.69, 9.17) is 9.47 Å². The average Bonchev–Trinajstić information content (AvgIpc) is 3.10. The Bertz CT molecular complexity index is 1200. The summed E-state index contributed by atoms with van der Waals surface area (Å²) in [5, 5.41) is 9.67. The number of rotatable bonds is 9. The molecule has 0 aromatic heterocycles. The number of carbonyl (C=O) groups is 3. The van der Waals surface area contributed by atoms with Crippen molar-refractivity contribution in [2.24, 2.45) is 11.8 Å². The highest BCUT2D eigenvalue weighted by atomic mass is 16.6. The second-order valence-corrected chi connectivity index (χ2v) is 13.3. The van der Waals surface area contributed by atoms with Gasteiger partial charge in [0.05, 0.1) is 13.1 Å². The maximum Gasteiger partial charge on any atom is 0.320 e. The van der Waals surface area contributed by atoms with E-state index in [2.05, 4.69) is 40.0 Å². The summed E-state index contributed by atoms with van der Waals surface area (Å²) in [6, 6.07) is 21.4. The van der Waals surface area contributed by atoms with Crippen molar-refractivity contribution in [3.63, 3.8) is 0 Å². The molecule has 2 saturated carbocycles. The molecule has 0 spiro atoms. The van der Waals surface area contributed by atoms with E-state index < -0.39 is 0 Å². The lowest BCUT2D eigenvalue weighted by molar-refractivity contribution is -0.159. The fraction of sp³-hybridized carbons (Fsp3) is 0.605. The van der Waals surface area contributed by atoms with Crippen LogP contribution in [0.4, 0.5) is 0 Å². The van der Waals surface area contributed by atoms with Gasteiger partial charge in [-0.3, -0.25) is 14.5 Å². The molecule has 0 radical (unpaired) electrons. The van der Waals surface area contributed by atoms with Crippen LogP contribution in [-0.2, 0) is 36.7 Å². The number of hydrogen-bond acceptors (Lipinski definition) is 9. The lowest BCUT2D eigenvalue weighted by Gasteiger charge is -2.38. The number of nitrogens with zero attached hydrogens (tertiary/aromatic N) is 1. The molecule has 9 nitrogen and oxygen atoms in total. The second-order valence-electron chi connectivity index (χ2n) is 13.3. The first-order chi connectivity index (χ1) is 23.0. The SMILES string of the molecule is CN[C@@H]1CCCC[C@H]1C=O.CN[C@@H]1CCCC[C@H]1CN1CC(=O)O[C@@H](Cc2ccccc2)C1.O=C1CNC[C@H](Cc2ccccc2)O1. The van der Waals surface area contributed by atoms with Gasteiger partial charge >= 0.3 is 11.9 Å². The van der Waals surface area contributed by atoms with Crippen LogP contribution in [0.15, 0.2) is 60.7 Å². The van der Waals surface area contributed by atoms with E-state index in [9.17, 15) is 14.4 Å². The lowest BCUT2D eigenvalue weighted by Crippen LogP contribution is -2.50. The highest BCUT2D eigenvalue weighted by Gasteiger charge is 2.31. The van der Waals surface area contributed by atoms with E-state index in [1.54, 1.807) is 0 Å². The van der Waals surface area contributed by atoms with Crippen LogP contribution in [0.2, 0.25) is 0 Å². The highest BCUT2D eigenvalue weighted by molar-refractivity contribution is 5.73. The van der Waals surface area contributed by atoms with Crippen molar-refractivity contribution in [1.82, 2.24) is 20.9 Å². The van der Waals surface area contributed by atoms with E-state index >= 15 is 0 Å². The van der Waals surface area contributed by atoms with Gasteiger partial charge in [0.1, 0.15) is 18.5 Å². The fourth-order valence-corrected chi connectivity index (χ4v) is 7.33. The van der Waals surface area contributed by atoms with Crippen LogP contribution in [0.3, 0.4) is 0 Å². The summed E-state index contributed by atoms with van der Waals surface area (Å²) in [5.74, 6) is 0.696. The first-order valence-corrected chi connectivity index (χ1v) is 17.7. The van der Waals surface area contributed by atoms with Crippen LogP contribution in [0.25, 0.3) is 0 Å². The van der Waals surface area contributed by atoms with Crippen molar-refractivity contribution in [3.05, 3.63) is 71.8 Å². The minimum atomic E-state index is -0.155. The molecule has 0 amide bonds. The van der Waals surface area contributed by atoms with Gasteiger partial charge in [0, 0.05) is 50.5 Å². The minimum Gasteiger partial charge on any atom is -0.460 e. The third kappa shape index (κ3) is 12.8. The van der Waals surface area contributed by atoms with Crippen LogP contribution < -0.4 is 16.0 Å². The summed E-state index contributed by atoms with van der Waals surface area (Å²) in [6.07, 6.45) is 12.6. The Hall–Kier alpha value is -3.11. The molecule has 2 aromatic rings. The molecular weight excluding hydrogens is 592 g/mol. The van der Waals surface area contributed by atoms with Gasteiger partial charge in [-0.1, -0.05) is 86.3 Å². The van der Waals surface area contributed by atoms with Crippen molar-refractivity contribution in [3.8, 4) is 0 Å². The van der Waals surface area contributed by atoms with E-state index in [1.165, 1.54) is 56.1 Å². The topological polar surface area (TPSA) is 109 Å². The van der Waals surface area contributed by atoms with E-state index in [0.717, 1.165) is 45.2 Å². The zero-order valence-electron chi connectivity index (χ0n) is 28.4. The van der Waals surface area contributed by atoms with Crippen molar-refractivity contribution in [1.29, 1.82) is 0 Å². The van der Waals surface area contributed by atoms with Gasteiger partial charge in [-0.05, 0) is 56.8 Å². The van der Waals surface area contributed by atoms with Crippen molar-refractivity contribution < 1.29 is 23.9 Å². The summed E-state index contributed by atoms with van der Waals surface area (Å²) < 4.78 is 10.8. The van der Waals surface area contributed by atoms with E-state index in [0.29, 0.717) is 31.1 Å². The Morgan fingerprint density at radius 2 is 1.34 bits per heavy atom. The van der Waals surface area contributed by atoms with Crippen LogP contribution in [0.5, 0.6) is 0 Å². The van der Waals surface area contributed by atoms with Gasteiger partial charge in [0.15, 0.2) is 0 Å². The molecule has 4 fully saturated rings. The molecule has 4 aliphatic rings. The van der Waals surface area contributed by atoms with Crippen molar-refractivity contribution >= 4 is 18.2 Å². The molecule has 3 N–H and O–H groups in total.